The Morgan fingerprint density at radius 1 is 1.32 bits per heavy atom. The van der Waals surface area contributed by atoms with E-state index in [1.807, 2.05) is 19.9 Å². The standard InChI is InChI=1S/C19H20FN3O2/c1-19(2,12-25-3)22-18(24)14-6-4-5-13(9-14)16-10-21-17-8-7-15(20)11-23(16)17/h4-11H,12H2,1-3H3,(H,22,24). The largest absolute Gasteiger partial charge is 0.382 e. The normalized spacial score (nSPS) is 11.7. The van der Waals surface area contributed by atoms with E-state index >= 15 is 0 Å². The molecule has 0 aliphatic carbocycles. The second kappa shape index (κ2) is 6.64. The third-order valence-corrected chi connectivity index (χ3v) is 3.85. The molecule has 2 heterocycles. The van der Waals surface area contributed by atoms with Gasteiger partial charge >= 0.3 is 0 Å². The lowest BCUT2D eigenvalue weighted by Gasteiger charge is -2.25. The highest BCUT2D eigenvalue weighted by atomic mass is 19.1. The number of ether oxygens (including phenoxy) is 1. The molecule has 0 atom stereocenters. The van der Waals surface area contributed by atoms with Crippen molar-refractivity contribution in [3.63, 3.8) is 0 Å². The number of nitrogens with zero attached hydrogens (tertiary/aromatic N) is 2. The molecule has 1 N–H and O–H groups in total. The molecule has 0 spiro atoms. The van der Waals surface area contributed by atoms with E-state index in [1.165, 1.54) is 12.3 Å². The van der Waals surface area contributed by atoms with Gasteiger partial charge in [0.1, 0.15) is 11.5 Å². The summed E-state index contributed by atoms with van der Waals surface area (Å²) in [5, 5.41) is 2.95. The van der Waals surface area contributed by atoms with Crippen LogP contribution in [0.25, 0.3) is 16.9 Å². The number of methoxy groups -OCH3 is 1. The monoisotopic (exact) mass is 341 g/mol. The van der Waals surface area contributed by atoms with Gasteiger partial charge in [-0.2, -0.15) is 0 Å². The Bertz CT molecular complexity index is 918. The van der Waals surface area contributed by atoms with Gasteiger partial charge in [-0.15, -0.1) is 0 Å². The molecule has 0 bridgehead atoms. The summed E-state index contributed by atoms with van der Waals surface area (Å²) in [6.45, 7) is 4.20. The van der Waals surface area contributed by atoms with Crippen molar-refractivity contribution in [3.05, 3.63) is 60.2 Å². The minimum Gasteiger partial charge on any atom is -0.382 e. The number of fused-ring (bicyclic) bond motifs is 1. The van der Waals surface area contributed by atoms with Crippen LogP contribution in [0.5, 0.6) is 0 Å². The zero-order valence-electron chi connectivity index (χ0n) is 14.4. The molecule has 6 heteroatoms. The van der Waals surface area contributed by atoms with E-state index in [2.05, 4.69) is 10.3 Å². The first kappa shape index (κ1) is 17.1. The van der Waals surface area contributed by atoms with Crippen molar-refractivity contribution < 1.29 is 13.9 Å². The molecule has 3 rings (SSSR count). The Morgan fingerprint density at radius 2 is 2.12 bits per heavy atom. The first-order valence-corrected chi connectivity index (χ1v) is 7.94. The topological polar surface area (TPSA) is 55.6 Å². The Labute approximate surface area is 145 Å². The SMILES string of the molecule is COCC(C)(C)NC(=O)c1cccc(-c2cnc3ccc(F)cn23)c1. The van der Waals surface area contributed by atoms with Crippen LogP contribution in [0, 0.1) is 5.82 Å². The van der Waals surface area contributed by atoms with E-state index in [-0.39, 0.29) is 11.7 Å². The predicted octanol–water partition coefficient (Wildman–Crippen LogP) is 3.30. The van der Waals surface area contributed by atoms with Crippen molar-refractivity contribution in [2.75, 3.05) is 13.7 Å². The number of imidazole rings is 1. The maximum atomic E-state index is 13.6. The van der Waals surface area contributed by atoms with Crippen molar-refractivity contribution in [2.45, 2.75) is 19.4 Å². The van der Waals surface area contributed by atoms with Crippen LogP contribution in [0.4, 0.5) is 4.39 Å². The van der Waals surface area contributed by atoms with Crippen LogP contribution in [-0.2, 0) is 4.74 Å². The molecule has 0 unspecified atom stereocenters. The van der Waals surface area contributed by atoms with Crippen LogP contribution in [-0.4, -0.2) is 34.5 Å². The summed E-state index contributed by atoms with van der Waals surface area (Å²) in [5.74, 6) is -0.536. The van der Waals surface area contributed by atoms with Crippen LogP contribution in [0.2, 0.25) is 0 Å². The molecule has 0 radical (unpaired) electrons. The fourth-order valence-electron chi connectivity index (χ4n) is 2.76. The number of carbonyl (C=O) groups excluding carboxylic acids is 1. The minimum atomic E-state index is -0.478. The summed E-state index contributed by atoms with van der Waals surface area (Å²) in [4.78, 5) is 16.8. The van der Waals surface area contributed by atoms with Crippen LogP contribution < -0.4 is 5.32 Å². The minimum absolute atomic E-state index is 0.191. The van der Waals surface area contributed by atoms with Gasteiger partial charge in [0.15, 0.2) is 0 Å². The van der Waals surface area contributed by atoms with Crippen LogP contribution >= 0.6 is 0 Å². The number of aromatic nitrogens is 2. The first-order chi connectivity index (χ1) is 11.9. The number of rotatable bonds is 5. The van der Waals surface area contributed by atoms with Crippen LogP contribution in [0.3, 0.4) is 0 Å². The molecular weight excluding hydrogens is 321 g/mol. The van der Waals surface area contributed by atoms with E-state index in [9.17, 15) is 9.18 Å². The van der Waals surface area contributed by atoms with E-state index in [0.29, 0.717) is 17.8 Å². The van der Waals surface area contributed by atoms with Gasteiger partial charge in [-0.3, -0.25) is 9.20 Å². The molecule has 1 aromatic carbocycles. The molecule has 2 aromatic heterocycles. The molecule has 0 fully saturated rings. The van der Waals surface area contributed by atoms with Gasteiger partial charge in [0, 0.05) is 24.4 Å². The predicted molar refractivity (Wildman–Crippen MR) is 94.0 cm³/mol. The maximum Gasteiger partial charge on any atom is 0.251 e. The van der Waals surface area contributed by atoms with Crippen LogP contribution in [0.1, 0.15) is 24.2 Å². The molecule has 3 aromatic rings. The fraction of sp³-hybridized carbons (Fsp3) is 0.263. The fourth-order valence-corrected chi connectivity index (χ4v) is 2.76. The molecule has 0 aliphatic rings. The lowest BCUT2D eigenvalue weighted by molar-refractivity contribution is 0.0820. The van der Waals surface area contributed by atoms with Crippen molar-refractivity contribution in [1.82, 2.24) is 14.7 Å². The summed E-state index contributed by atoms with van der Waals surface area (Å²) in [7, 11) is 1.60. The van der Waals surface area contributed by atoms with Gasteiger partial charge in [-0.25, -0.2) is 9.37 Å². The first-order valence-electron chi connectivity index (χ1n) is 7.94. The van der Waals surface area contributed by atoms with Gasteiger partial charge in [0.2, 0.25) is 0 Å². The molecule has 0 saturated heterocycles. The average molecular weight is 341 g/mol. The number of nitrogens with one attached hydrogen (secondary N) is 1. The van der Waals surface area contributed by atoms with Crippen molar-refractivity contribution in [3.8, 4) is 11.3 Å². The van der Waals surface area contributed by atoms with Gasteiger partial charge in [0.25, 0.3) is 5.91 Å². The molecule has 5 nitrogen and oxygen atoms in total. The molecule has 0 saturated carbocycles. The Balaban J connectivity index is 1.93. The smallest absolute Gasteiger partial charge is 0.251 e. The number of hydrogen-bond donors (Lipinski definition) is 1. The number of pyridine rings is 1. The highest BCUT2D eigenvalue weighted by Gasteiger charge is 2.21. The quantitative estimate of drug-likeness (QED) is 0.775. The lowest BCUT2D eigenvalue weighted by atomic mass is 10.0. The van der Waals surface area contributed by atoms with Crippen LogP contribution in [0.15, 0.2) is 48.8 Å². The third-order valence-electron chi connectivity index (χ3n) is 3.85. The molecular formula is C19H20FN3O2. The zero-order chi connectivity index (χ0) is 18.0. The van der Waals surface area contributed by atoms with E-state index in [4.69, 9.17) is 4.74 Å². The molecule has 0 aliphatic heterocycles. The van der Waals surface area contributed by atoms with Gasteiger partial charge in [-0.1, -0.05) is 12.1 Å². The summed E-state index contributed by atoms with van der Waals surface area (Å²) < 4.78 is 20.3. The van der Waals surface area contributed by atoms with Gasteiger partial charge in [-0.05, 0) is 38.1 Å². The summed E-state index contributed by atoms with van der Waals surface area (Å²) >= 11 is 0. The highest BCUT2D eigenvalue weighted by molar-refractivity contribution is 5.95. The second-order valence-electron chi connectivity index (χ2n) is 6.57. The summed E-state index contributed by atoms with van der Waals surface area (Å²) in [6, 6.07) is 10.2. The van der Waals surface area contributed by atoms with Gasteiger partial charge in [0.05, 0.1) is 24.0 Å². The third kappa shape index (κ3) is 3.69. The number of carbonyl (C=O) groups is 1. The molecule has 130 valence electrons. The van der Waals surface area contributed by atoms with Crippen molar-refractivity contribution in [1.29, 1.82) is 0 Å². The number of amides is 1. The summed E-state index contributed by atoms with van der Waals surface area (Å²) in [5.41, 5.74) is 2.20. The van der Waals surface area contributed by atoms with Gasteiger partial charge < -0.3 is 10.1 Å². The number of benzene rings is 1. The Hall–Kier alpha value is -2.73. The molecule has 1 amide bonds. The Kier molecular flexibility index (Phi) is 4.55. The van der Waals surface area contributed by atoms with E-state index in [0.717, 1.165) is 11.3 Å². The maximum absolute atomic E-state index is 13.6. The van der Waals surface area contributed by atoms with E-state index in [1.54, 1.807) is 42.0 Å². The molecule has 25 heavy (non-hydrogen) atoms. The highest BCUT2D eigenvalue weighted by Crippen LogP contribution is 2.22. The average Bonchev–Trinajstić information content (AvgIpc) is 2.97. The number of hydrogen-bond acceptors (Lipinski definition) is 3. The Morgan fingerprint density at radius 3 is 2.88 bits per heavy atom. The zero-order valence-corrected chi connectivity index (χ0v) is 14.4. The van der Waals surface area contributed by atoms with Crippen molar-refractivity contribution >= 4 is 11.6 Å². The second-order valence-corrected chi connectivity index (χ2v) is 6.57. The summed E-state index contributed by atoms with van der Waals surface area (Å²) in [6.07, 6.45) is 3.05. The van der Waals surface area contributed by atoms with Crippen molar-refractivity contribution in [2.24, 2.45) is 0 Å². The lowest BCUT2D eigenvalue weighted by Crippen LogP contribution is -2.46. The number of halogens is 1. The van der Waals surface area contributed by atoms with E-state index < -0.39 is 5.54 Å².